The largest absolute Gasteiger partial charge is 0.466 e. The first-order valence-corrected chi connectivity index (χ1v) is 8.96. The second-order valence-corrected chi connectivity index (χ2v) is 7.28. The van der Waals surface area contributed by atoms with Crippen LogP contribution in [0.2, 0.25) is 0 Å². The lowest BCUT2D eigenvalue weighted by Crippen LogP contribution is -2.42. The van der Waals surface area contributed by atoms with Gasteiger partial charge in [0.05, 0.1) is 19.8 Å². The number of hydrogen-bond acceptors (Lipinski definition) is 7. The van der Waals surface area contributed by atoms with Crippen molar-refractivity contribution in [3.05, 3.63) is 12.2 Å². The first-order valence-electron chi connectivity index (χ1n) is 8.96. The van der Waals surface area contributed by atoms with E-state index < -0.39 is 5.79 Å². The lowest BCUT2D eigenvalue weighted by atomic mass is 9.91. The number of fused-ring (bicyclic) bond motifs is 1. The van der Waals surface area contributed by atoms with E-state index in [1.807, 2.05) is 0 Å². The Morgan fingerprint density at radius 1 is 1.24 bits per heavy atom. The van der Waals surface area contributed by atoms with E-state index in [0.717, 1.165) is 38.5 Å². The topological polar surface area (TPSA) is 83.5 Å². The Morgan fingerprint density at radius 3 is 2.32 bits per heavy atom. The molecule has 2 saturated heterocycles. The summed E-state index contributed by atoms with van der Waals surface area (Å²) in [6.45, 7) is 5.39. The van der Waals surface area contributed by atoms with Crippen LogP contribution in [0.1, 0.15) is 51.9 Å². The number of aliphatic hydroxyl groups is 1. The fourth-order valence-electron chi connectivity index (χ4n) is 3.28. The molecule has 1 N–H and O–H groups in total. The van der Waals surface area contributed by atoms with Crippen molar-refractivity contribution in [1.82, 2.24) is 0 Å². The van der Waals surface area contributed by atoms with Crippen LogP contribution in [-0.4, -0.2) is 54.9 Å². The van der Waals surface area contributed by atoms with Gasteiger partial charge in [-0.1, -0.05) is 6.58 Å². The van der Waals surface area contributed by atoms with E-state index in [1.54, 1.807) is 6.92 Å². The highest BCUT2D eigenvalue weighted by atomic mass is 16.8. The maximum Gasteiger partial charge on any atom is 0.332 e. The molecule has 0 bridgehead atoms. The maximum absolute atomic E-state index is 10.2. The number of carbonyl (C=O) groups is 1. The molecule has 2 aliphatic carbocycles. The summed E-state index contributed by atoms with van der Waals surface area (Å²) < 4.78 is 27.4. The predicted molar refractivity (Wildman–Crippen MR) is 87.4 cm³/mol. The van der Waals surface area contributed by atoms with Crippen LogP contribution in [0.3, 0.4) is 0 Å². The number of hydrogen-bond donors (Lipinski definition) is 1. The molecule has 2 aliphatic heterocycles. The zero-order chi connectivity index (χ0) is 18.1. The van der Waals surface area contributed by atoms with Gasteiger partial charge in [0.1, 0.15) is 6.10 Å². The smallest absolute Gasteiger partial charge is 0.332 e. The number of rotatable bonds is 4. The van der Waals surface area contributed by atoms with Gasteiger partial charge >= 0.3 is 5.97 Å². The van der Waals surface area contributed by atoms with Gasteiger partial charge in [0.15, 0.2) is 17.9 Å². The minimum atomic E-state index is -0.891. The predicted octanol–water partition coefficient (Wildman–Crippen LogP) is 2.02. The van der Waals surface area contributed by atoms with Gasteiger partial charge in [-0.25, -0.2) is 4.79 Å². The van der Waals surface area contributed by atoms with Crippen LogP contribution in [0, 0.1) is 0 Å². The molecule has 0 unspecified atom stereocenters. The molecule has 142 valence electrons. The van der Waals surface area contributed by atoms with Crippen molar-refractivity contribution in [2.24, 2.45) is 0 Å². The standard InChI is InChI=1S/C13H20O5.C5H8O2/c14-12(3-1-4-12)15-8-9-7-10-11(16-9)18-13(17-10)5-2-6-13;1-4(2)5(6)7-3/h9-11,14H,1-8H2;1H2,2-3H3/t9-,10-,11-;/m0./s1. The molecule has 0 radical (unpaired) electrons. The molecular formula is C18H28O7. The molecule has 1 spiro atoms. The van der Waals surface area contributed by atoms with Crippen molar-refractivity contribution < 1.29 is 33.6 Å². The molecule has 25 heavy (non-hydrogen) atoms. The zero-order valence-corrected chi connectivity index (χ0v) is 15.0. The molecule has 4 fully saturated rings. The van der Waals surface area contributed by atoms with E-state index in [1.165, 1.54) is 13.5 Å². The summed E-state index contributed by atoms with van der Waals surface area (Å²) in [5.41, 5.74) is 0.433. The fraction of sp³-hybridized carbons (Fsp3) is 0.833. The second kappa shape index (κ2) is 7.32. The van der Waals surface area contributed by atoms with Gasteiger partial charge in [0, 0.05) is 37.7 Å². The average molecular weight is 356 g/mol. The van der Waals surface area contributed by atoms with Crippen molar-refractivity contribution in [3.8, 4) is 0 Å². The molecule has 0 aromatic carbocycles. The molecule has 2 heterocycles. The molecule has 4 rings (SSSR count). The summed E-state index contributed by atoms with van der Waals surface area (Å²) in [5.74, 6) is -1.56. The van der Waals surface area contributed by atoms with Crippen LogP contribution < -0.4 is 0 Å². The Morgan fingerprint density at radius 2 is 1.92 bits per heavy atom. The molecule has 2 saturated carbocycles. The molecule has 7 heteroatoms. The van der Waals surface area contributed by atoms with Crippen molar-refractivity contribution >= 4 is 5.97 Å². The van der Waals surface area contributed by atoms with E-state index >= 15 is 0 Å². The van der Waals surface area contributed by atoms with Gasteiger partial charge in [0.2, 0.25) is 0 Å². The van der Waals surface area contributed by atoms with E-state index in [-0.39, 0.29) is 30.3 Å². The van der Waals surface area contributed by atoms with Crippen molar-refractivity contribution in [3.63, 3.8) is 0 Å². The average Bonchev–Trinajstić information content (AvgIpc) is 3.06. The third-order valence-electron chi connectivity index (χ3n) is 5.14. The Labute approximate surface area is 148 Å². The van der Waals surface area contributed by atoms with Crippen molar-refractivity contribution in [1.29, 1.82) is 0 Å². The van der Waals surface area contributed by atoms with Gasteiger partial charge in [-0.05, 0) is 19.8 Å². The summed E-state index contributed by atoms with van der Waals surface area (Å²) in [6.07, 6.45) is 6.30. The van der Waals surface area contributed by atoms with Crippen LogP contribution in [0.4, 0.5) is 0 Å². The highest BCUT2D eigenvalue weighted by molar-refractivity contribution is 5.86. The lowest BCUT2D eigenvalue weighted by Gasteiger charge is -2.38. The molecule has 0 aromatic heterocycles. The summed E-state index contributed by atoms with van der Waals surface area (Å²) in [4.78, 5) is 10.2. The van der Waals surface area contributed by atoms with Crippen LogP contribution in [-0.2, 0) is 28.5 Å². The normalized spacial score (nSPS) is 33.5. The second-order valence-electron chi connectivity index (χ2n) is 7.28. The third-order valence-corrected chi connectivity index (χ3v) is 5.14. The van der Waals surface area contributed by atoms with E-state index in [9.17, 15) is 9.90 Å². The Bertz CT molecular complexity index is 494. The quantitative estimate of drug-likeness (QED) is 0.469. The van der Waals surface area contributed by atoms with Crippen molar-refractivity contribution in [2.45, 2.75) is 81.9 Å². The minimum absolute atomic E-state index is 0.0120. The minimum Gasteiger partial charge on any atom is -0.466 e. The first-order chi connectivity index (χ1) is 11.8. The Hall–Kier alpha value is -0.990. The number of carbonyl (C=O) groups excluding carboxylic acids is 1. The Balaban J connectivity index is 0.000000225. The first kappa shape index (κ1) is 18.8. The molecule has 0 aromatic rings. The third kappa shape index (κ3) is 4.23. The van der Waals surface area contributed by atoms with Crippen molar-refractivity contribution in [2.75, 3.05) is 13.7 Å². The lowest BCUT2D eigenvalue weighted by molar-refractivity contribution is -0.281. The molecular weight excluding hydrogens is 328 g/mol. The number of methoxy groups -OCH3 is 1. The van der Waals surface area contributed by atoms with Gasteiger partial charge in [-0.3, -0.25) is 0 Å². The summed E-state index contributed by atoms with van der Waals surface area (Å²) in [7, 11) is 1.33. The van der Waals surface area contributed by atoms with Crippen LogP contribution in [0.25, 0.3) is 0 Å². The van der Waals surface area contributed by atoms with E-state index in [0.29, 0.717) is 12.2 Å². The van der Waals surface area contributed by atoms with E-state index in [2.05, 4.69) is 11.3 Å². The molecule has 0 amide bonds. The zero-order valence-electron chi connectivity index (χ0n) is 15.0. The highest BCUT2D eigenvalue weighted by Crippen LogP contribution is 2.48. The fourth-order valence-corrected chi connectivity index (χ4v) is 3.28. The number of ether oxygens (including phenoxy) is 5. The van der Waals surface area contributed by atoms with Gasteiger partial charge in [-0.15, -0.1) is 0 Å². The molecule has 3 atom stereocenters. The Kier molecular flexibility index (Phi) is 5.51. The van der Waals surface area contributed by atoms with Crippen LogP contribution in [0.5, 0.6) is 0 Å². The van der Waals surface area contributed by atoms with Crippen LogP contribution >= 0.6 is 0 Å². The highest BCUT2D eigenvalue weighted by Gasteiger charge is 2.55. The molecule has 7 nitrogen and oxygen atoms in total. The summed E-state index contributed by atoms with van der Waals surface area (Å²) in [6, 6.07) is 0. The van der Waals surface area contributed by atoms with Gasteiger partial charge in [-0.2, -0.15) is 0 Å². The van der Waals surface area contributed by atoms with Crippen LogP contribution in [0.15, 0.2) is 12.2 Å². The summed E-state index contributed by atoms with van der Waals surface area (Å²) in [5, 5.41) is 9.86. The van der Waals surface area contributed by atoms with E-state index in [4.69, 9.17) is 18.9 Å². The SMILES string of the molecule is C=C(C)C(=O)OC.OC1(OC[C@@H]2C[C@@H]3OC4(CCC4)O[C@@H]3O2)CCC1. The number of esters is 1. The van der Waals surface area contributed by atoms with Gasteiger partial charge in [0.25, 0.3) is 0 Å². The monoisotopic (exact) mass is 356 g/mol. The van der Waals surface area contributed by atoms with Gasteiger partial charge < -0.3 is 28.8 Å². The molecule has 4 aliphatic rings. The summed E-state index contributed by atoms with van der Waals surface area (Å²) >= 11 is 0. The maximum atomic E-state index is 10.2.